The van der Waals surface area contributed by atoms with Gasteiger partial charge in [-0.1, -0.05) is 0 Å². The molecular weight excluding hydrogens is 227 g/mol. The number of H-pyrrole nitrogens is 2. The molecule has 17 heavy (non-hydrogen) atoms. The predicted octanol–water partition coefficient (Wildman–Crippen LogP) is 0.383. The van der Waals surface area contributed by atoms with E-state index in [2.05, 4.69) is 20.5 Å². The molecule has 7 heteroatoms. The lowest BCUT2D eigenvalue weighted by Crippen LogP contribution is -2.14. The van der Waals surface area contributed by atoms with Crippen molar-refractivity contribution in [2.24, 2.45) is 0 Å². The molecule has 4 N–H and O–H groups in total. The lowest BCUT2D eigenvalue weighted by molar-refractivity contribution is 0.182. The van der Waals surface area contributed by atoms with E-state index in [4.69, 9.17) is 0 Å². The highest BCUT2D eigenvalue weighted by molar-refractivity contribution is 5.42. The van der Waals surface area contributed by atoms with Crippen molar-refractivity contribution in [1.29, 1.82) is 0 Å². The van der Waals surface area contributed by atoms with E-state index in [-0.39, 0.29) is 18.2 Å². The molecule has 0 aliphatic carbocycles. The first-order valence-electron chi connectivity index (χ1n) is 4.97. The van der Waals surface area contributed by atoms with Crippen LogP contribution in [0.5, 0.6) is 0 Å². The number of aliphatic hydroxyl groups excluding tert-OH is 1. The molecule has 1 heterocycles. The van der Waals surface area contributed by atoms with Gasteiger partial charge in [0, 0.05) is 12.2 Å². The van der Waals surface area contributed by atoms with Gasteiger partial charge in [-0.15, -0.1) is 0 Å². The van der Waals surface area contributed by atoms with Crippen LogP contribution in [-0.4, -0.2) is 26.8 Å². The van der Waals surface area contributed by atoms with E-state index in [9.17, 15) is 14.3 Å². The highest BCUT2D eigenvalue weighted by atomic mass is 19.1. The maximum absolute atomic E-state index is 12.6. The molecule has 2 rings (SSSR count). The minimum absolute atomic E-state index is 0.157. The first-order valence-corrected chi connectivity index (χ1v) is 4.97. The van der Waals surface area contributed by atoms with Crippen LogP contribution in [0.15, 0.2) is 29.1 Å². The van der Waals surface area contributed by atoms with Gasteiger partial charge < -0.3 is 10.4 Å². The number of aromatic amines is 2. The Balaban J connectivity index is 1.94. The third-order valence-electron chi connectivity index (χ3n) is 2.18. The van der Waals surface area contributed by atoms with Crippen molar-refractivity contribution in [2.75, 3.05) is 11.9 Å². The molecule has 0 radical (unpaired) electrons. The Hall–Kier alpha value is -2.15. The summed E-state index contributed by atoms with van der Waals surface area (Å²) in [6.45, 7) is 0.159. The van der Waals surface area contributed by atoms with Crippen LogP contribution in [0.2, 0.25) is 0 Å². The molecule has 1 atom stereocenters. The number of aromatic nitrogens is 3. The van der Waals surface area contributed by atoms with Gasteiger partial charge in [-0.2, -0.15) is 5.10 Å². The van der Waals surface area contributed by atoms with Gasteiger partial charge >= 0.3 is 5.69 Å². The van der Waals surface area contributed by atoms with Crippen molar-refractivity contribution in [1.82, 2.24) is 15.2 Å². The lowest BCUT2D eigenvalue weighted by Gasteiger charge is -2.09. The molecule has 0 spiro atoms. The molecule has 1 unspecified atom stereocenters. The zero-order valence-corrected chi connectivity index (χ0v) is 8.77. The Labute approximate surface area is 95.5 Å². The molecule has 0 bridgehead atoms. The van der Waals surface area contributed by atoms with Gasteiger partial charge in [0.2, 0.25) is 0 Å². The minimum atomic E-state index is -0.945. The molecular formula is C10H11FN4O2. The van der Waals surface area contributed by atoms with Crippen LogP contribution in [0.4, 0.5) is 10.1 Å². The number of benzene rings is 1. The molecule has 6 nitrogen and oxygen atoms in total. The summed E-state index contributed by atoms with van der Waals surface area (Å²) in [7, 11) is 0. The summed E-state index contributed by atoms with van der Waals surface area (Å²) in [5.74, 6) is -0.169. The standard InChI is InChI=1S/C10H11FN4O2/c11-6-1-3-7(4-2-6)12-5-8(16)9-13-10(17)15-14-9/h1-4,8,12,16H,5H2,(H2,13,14,15,17). The number of nitrogens with zero attached hydrogens (tertiary/aromatic N) is 1. The smallest absolute Gasteiger partial charge is 0.340 e. The summed E-state index contributed by atoms with van der Waals surface area (Å²) in [4.78, 5) is 13.1. The average Bonchev–Trinajstić information content (AvgIpc) is 2.75. The van der Waals surface area contributed by atoms with E-state index in [1.54, 1.807) is 12.1 Å². The summed E-state index contributed by atoms with van der Waals surface area (Å²) in [5, 5.41) is 18.3. The molecule has 90 valence electrons. The third-order valence-corrected chi connectivity index (χ3v) is 2.18. The Morgan fingerprint density at radius 3 is 2.71 bits per heavy atom. The van der Waals surface area contributed by atoms with Gasteiger partial charge in [0.25, 0.3) is 0 Å². The van der Waals surface area contributed by atoms with Gasteiger partial charge in [0.1, 0.15) is 11.9 Å². The second kappa shape index (κ2) is 4.79. The summed E-state index contributed by atoms with van der Waals surface area (Å²) < 4.78 is 12.6. The molecule has 0 aliphatic heterocycles. The maximum Gasteiger partial charge on any atom is 0.340 e. The van der Waals surface area contributed by atoms with Gasteiger partial charge in [0.05, 0.1) is 0 Å². The van der Waals surface area contributed by atoms with Crippen LogP contribution < -0.4 is 11.0 Å². The Kier molecular flexibility index (Phi) is 3.20. The third kappa shape index (κ3) is 2.91. The number of hydrogen-bond donors (Lipinski definition) is 4. The molecule has 0 amide bonds. The molecule has 0 saturated carbocycles. The van der Waals surface area contributed by atoms with Gasteiger partial charge in [-0.25, -0.2) is 14.3 Å². The van der Waals surface area contributed by atoms with Crippen LogP contribution in [0.3, 0.4) is 0 Å². The monoisotopic (exact) mass is 238 g/mol. The Morgan fingerprint density at radius 1 is 1.41 bits per heavy atom. The normalized spacial score (nSPS) is 12.4. The van der Waals surface area contributed by atoms with Gasteiger partial charge in [-0.3, -0.25) is 4.98 Å². The van der Waals surface area contributed by atoms with Crippen molar-refractivity contribution in [3.63, 3.8) is 0 Å². The van der Waals surface area contributed by atoms with Crippen LogP contribution in [0.25, 0.3) is 0 Å². The zero-order chi connectivity index (χ0) is 12.3. The Bertz CT molecular complexity index is 534. The molecule has 0 saturated heterocycles. The van der Waals surface area contributed by atoms with Crippen LogP contribution >= 0.6 is 0 Å². The topological polar surface area (TPSA) is 93.8 Å². The number of aliphatic hydroxyl groups is 1. The van der Waals surface area contributed by atoms with E-state index in [0.717, 1.165) is 0 Å². The van der Waals surface area contributed by atoms with Crippen molar-refractivity contribution in [3.05, 3.63) is 46.4 Å². The van der Waals surface area contributed by atoms with Crippen molar-refractivity contribution in [3.8, 4) is 0 Å². The Morgan fingerprint density at radius 2 is 2.12 bits per heavy atom. The number of halogens is 1. The molecule has 0 fully saturated rings. The van der Waals surface area contributed by atoms with Crippen LogP contribution in [-0.2, 0) is 0 Å². The van der Waals surface area contributed by atoms with E-state index in [0.29, 0.717) is 5.69 Å². The fourth-order valence-corrected chi connectivity index (χ4v) is 1.32. The SMILES string of the molecule is O=c1[nH]nc(C(O)CNc2ccc(F)cc2)[nH]1. The molecule has 1 aromatic heterocycles. The first-order chi connectivity index (χ1) is 8.15. The minimum Gasteiger partial charge on any atom is -0.383 e. The van der Waals surface area contributed by atoms with Crippen molar-refractivity contribution >= 4 is 5.69 Å². The van der Waals surface area contributed by atoms with E-state index in [1.165, 1.54) is 12.1 Å². The zero-order valence-electron chi connectivity index (χ0n) is 8.77. The van der Waals surface area contributed by atoms with Crippen molar-refractivity contribution in [2.45, 2.75) is 6.10 Å². The average molecular weight is 238 g/mol. The second-order valence-electron chi connectivity index (χ2n) is 3.47. The predicted molar refractivity (Wildman–Crippen MR) is 59.1 cm³/mol. The summed E-state index contributed by atoms with van der Waals surface area (Å²) in [5.41, 5.74) is 0.198. The van der Waals surface area contributed by atoms with E-state index in [1.807, 2.05) is 0 Å². The van der Waals surface area contributed by atoms with Gasteiger partial charge in [-0.05, 0) is 24.3 Å². The molecule has 1 aromatic carbocycles. The fourth-order valence-electron chi connectivity index (χ4n) is 1.32. The van der Waals surface area contributed by atoms with Crippen LogP contribution in [0.1, 0.15) is 11.9 Å². The molecule has 0 aliphatic rings. The highest BCUT2D eigenvalue weighted by Gasteiger charge is 2.10. The largest absolute Gasteiger partial charge is 0.383 e. The first kappa shape index (κ1) is 11.3. The maximum atomic E-state index is 12.6. The number of hydrogen-bond acceptors (Lipinski definition) is 4. The fraction of sp³-hybridized carbons (Fsp3) is 0.200. The van der Waals surface area contributed by atoms with E-state index < -0.39 is 11.8 Å². The number of anilines is 1. The van der Waals surface area contributed by atoms with Gasteiger partial charge in [0.15, 0.2) is 5.82 Å². The van der Waals surface area contributed by atoms with Crippen molar-refractivity contribution < 1.29 is 9.50 Å². The highest BCUT2D eigenvalue weighted by Crippen LogP contribution is 2.11. The summed E-state index contributed by atoms with van der Waals surface area (Å²) in [6, 6.07) is 5.72. The quantitative estimate of drug-likeness (QED) is 0.619. The lowest BCUT2D eigenvalue weighted by atomic mass is 10.3. The second-order valence-corrected chi connectivity index (χ2v) is 3.47. The summed E-state index contributed by atoms with van der Waals surface area (Å²) in [6.07, 6.45) is -0.945. The van der Waals surface area contributed by atoms with E-state index >= 15 is 0 Å². The number of rotatable bonds is 4. The molecule has 2 aromatic rings. The number of nitrogens with one attached hydrogen (secondary N) is 3. The summed E-state index contributed by atoms with van der Waals surface area (Å²) >= 11 is 0. The van der Waals surface area contributed by atoms with Crippen LogP contribution in [0, 0.1) is 5.82 Å².